The molecule has 0 spiro atoms. The third kappa shape index (κ3) is 5.70. The fourth-order valence-corrected chi connectivity index (χ4v) is 2.91. The van der Waals surface area contributed by atoms with Gasteiger partial charge in [0.1, 0.15) is 0 Å². The average molecular weight is 344 g/mol. The number of aliphatic hydroxyl groups is 1. The van der Waals surface area contributed by atoms with Gasteiger partial charge in [0.15, 0.2) is 0 Å². The highest BCUT2D eigenvalue weighted by Crippen LogP contribution is 2.29. The number of carbonyl (C=O) groups excluding carboxylic acids is 1. The van der Waals surface area contributed by atoms with E-state index in [1.807, 2.05) is 6.92 Å². The zero-order valence-corrected chi connectivity index (χ0v) is 13.6. The van der Waals surface area contributed by atoms with Crippen LogP contribution in [0.2, 0.25) is 0 Å². The Hall–Kier alpha value is -1.76. The molecule has 3 N–H and O–H groups in total. The van der Waals surface area contributed by atoms with E-state index in [0.29, 0.717) is 19.3 Å². The maximum Gasteiger partial charge on any atom is 0.416 e. The Bertz CT molecular complexity index is 538. The molecule has 0 saturated heterocycles. The number of halogens is 3. The van der Waals surface area contributed by atoms with Crippen LogP contribution >= 0.6 is 0 Å². The molecule has 134 valence electrons. The van der Waals surface area contributed by atoms with Crippen LogP contribution in [0.3, 0.4) is 0 Å². The van der Waals surface area contributed by atoms with E-state index in [2.05, 4.69) is 10.6 Å². The zero-order chi connectivity index (χ0) is 17.7. The van der Waals surface area contributed by atoms with Crippen LogP contribution in [0.5, 0.6) is 0 Å². The van der Waals surface area contributed by atoms with Crippen molar-refractivity contribution in [1.29, 1.82) is 0 Å². The molecule has 2 rings (SSSR count). The van der Waals surface area contributed by atoms with Gasteiger partial charge in [-0.2, -0.15) is 13.2 Å². The van der Waals surface area contributed by atoms with Crippen molar-refractivity contribution in [2.75, 3.05) is 0 Å². The highest BCUT2D eigenvalue weighted by Gasteiger charge is 2.30. The zero-order valence-electron chi connectivity index (χ0n) is 13.6. The summed E-state index contributed by atoms with van der Waals surface area (Å²) < 4.78 is 37.6. The fourth-order valence-electron chi connectivity index (χ4n) is 2.91. The fraction of sp³-hybridized carbons (Fsp3) is 0.588. The van der Waals surface area contributed by atoms with Gasteiger partial charge in [-0.25, -0.2) is 4.79 Å². The van der Waals surface area contributed by atoms with Crippen LogP contribution in [0, 0.1) is 0 Å². The molecule has 4 nitrogen and oxygen atoms in total. The van der Waals surface area contributed by atoms with E-state index in [-0.39, 0.29) is 24.2 Å². The molecule has 1 fully saturated rings. The smallest absolute Gasteiger partial charge is 0.393 e. The first-order valence-electron chi connectivity index (χ1n) is 8.15. The minimum atomic E-state index is -4.34. The molecule has 0 heterocycles. The van der Waals surface area contributed by atoms with Gasteiger partial charge in [-0.15, -0.1) is 0 Å². The second kappa shape index (κ2) is 7.88. The predicted octanol–water partition coefficient (Wildman–Crippen LogP) is 3.24. The Morgan fingerprint density at radius 2 is 1.79 bits per heavy atom. The van der Waals surface area contributed by atoms with E-state index in [9.17, 15) is 23.1 Å². The van der Waals surface area contributed by atoms with Crippen LogP contribution in [-0.4, -0.2) is 29.3 Å². The van der Waals surface area contributed by atoms with Crippen LogP contribution in [0.15, 0.2) is 24.3 Å². The van der Waals surface area contributed by atoms with Crippen molar-refractivity contribution >= 4 is 6.03 Å². The number of hydrogen-bond acceptors (Lipinski definition) is 2. The summed E-state index contributed by atoms with van der Waals surface area (Å²) >= 11 is 0. The van der Waals surface area contributed by atoms with Gasteiger partial charge in [0.25, 0.3) is 0 Å². The van der Waals surface area contributed by atoms with Gasteiger partial charge in [0.2, 0.25) is 0 Å². The summed E-state index contributed by atoms with van der Waals surface area (Å²) in [5.74, 6) is 0. The van der Waals surface area contributed by atoms with Gasteiger partial charge in [0.05, 0.1) is 11.7 Å². The van der Waals surface area contributed by atoms with Crippen molar-refractivity contribution in [3.05, 3.63) is 35.4 Å². The van der Waals surface area contributed by atoms with Crippen LogP contribution < -0.4 is 10.6 Å². The first-order chi connectivity index (χ1) is 11.2. The second-order valence-corrected chi connectivity index (χ2v) is 6.42. The topological polar surface area (TPSA) is 61.4 Å². The minimum Gasteiger partial charge on any atom is -0.393 e. The first kappa shape index (κ1) is 18.6. The molecule has 1 aromatic rings. The summed E-state index contributed by atoms with van der Waals surface area (Å²) in [6, 6.07) is 4.55. The van der Waals surface area contributed by atoms with Crippen molar-refractivity contribution in [2.24, 2.45) is 0 Å². The second-order valence-electron chi connectivity index (χ2n) is 6.42. The molecule has 0 aliphatic heterocycles. The highest BCUT2D eigenvalue weighted by atomic mass is 19.4. The molecule has 2 amide bonds. The van der Waals surface area contributed by atoms with Crippen molar-refractivity contribution in [3.8, 4) is 0 Å². The number of amides is 2. The molecule has 1 aliphatic rings. The molecule has 1 atom stereocenters. The number of urea groups is 1. The van der Waals surface area contributed by atoms with Crippen molar-refractivity contribution < 1.29 is 23.1 Å². The van der Waals surface area contributed by atoms with E-state index in [1.165, 1.54) is 12.1 Å². The molecular weight excluding hydrogens is 321 g/mol. The van der Waals surface area contributed by atoms with E-state index in [4.69, 9.17) is 0 Å². The summed E-state index contributed by atoms with van der Waals surface area (Å²) in [4.78, 5) is 11.9. The largest absolute Gasteiger partial charge is 0.416 e. The number of benzene rings is 1. The maximum atomic E-state index is 12.5. The summed E-state index contributed by atoms with van der Waals surface area (Å²) in [6.45, 7) is 1.81. The van der Waals surface area contributed by atoms with Crippen molar-refractivity contribution in [3.63, 3.8) is 0 Å². The van der Waals surface area contributed by atoms with Crippen LogP contribution in [0.1, 0.15) is 43.7 Å². The van der Waals surface area contributed by atoms with E-state index < -0.39 is 11.7 Å². The van der Waals surface area contributed by atoms with E-state index in [0.717, 1.165) is 30.5 Å². The highest BCUT2D eigenvalue weighted by molar-refractivity contribution is 5.74. The lowest BCUT2D eigenvalue weighted by Crippen LogP contribution is -2.47. The lowest BCUT2D eigenvalue weighted by Gasteiger charge is -2.27. The van der Waals surface area contributed by atoms with Gasteiger partial charge in [-0.3, -0.25) is 0 Å². The third-order valence-electron chi connectivity index (χ3n) is 4.23. The van der Waals surface area contributed by atoms with Crippen molar-refractivity contribution in [1.82, 2.24) is 10.6 Å². The molecule has 1 aromatic carbocycles. The van der Waals surface area contributed by atoms with Crippen molar-refractivity contribution in [2.45, 2.75) is 63.4 Å². The number of nitrogens with one attached hydrogen (secondary N) is 2. The van der Waals surface area contributed by atoms with Gasteiger partial charge in [-0.05, 0) is 56.7 Å². The summed E-state index contributed by atoms with van der Waals surface area (Å²) in [6.07, 6.45) is -1.28. The Morgan fingerprint density at radius 3 is 2.33 bits per heavy atom. The van der Waals surface area contributed by atoms with Gasteiger partial charge in [0, 0.05) is 12.1 Å². The van der Waals surface area contributed by atoms with Gasteiger partial charge < -0.3 is 15.7 Å². The van der Waals surface area contributed by atoms with Crippen LogP contribution in [0.4, 0.5) is 18.0 Å². The Morgan fingerprint density at radius 1 is 1.21 bits per heavy atom. The molecule has 1 aliphatic carbocycles. The summed E-state index contributed by atoms with van der Waals surface area (Å²) in [7, 11) is 0. The van der Waals surface area contributed by atoms with E-state index in [1.54, 1.807) is 0 Å². The van der Waals surface area contributed by atoms with Crippen LogP contribution in [0.25, 0.3) is 0 Å². The van der Waals surface area contributed by atoms with Crippen LogP contribution in [-0.2, 0) is 12.6 Å². The lowest BCUT2D eigenvalue weighted by atomic mass is 9.93. The SMILES string of the molecule is CC(Cc1ccc(C(F)(F)F)cc1)NC(=O)NC1CCC(O)CC1. The van der Waals surface area contributed by atoms with Gasteiger partial charge in [-0.1, -0.05) is 12.1 Å². The summed E-state index contributed by atoms with van der Waals surface area (Å²) in [5, 5.41) is 15.1. The van der Waals surface area contributed by atoms with Gasteiger partial charge >= 0.3 is 12.2 Å². The Labute approximate surface area is 139 Å². The number of hydrogen-bond donors (Lipinski definition) is 3. The molecule has 0 radical (unpaired) electrons. The number of rotatable bonds is 4. The minimum absolute atomic E-state index is 0.0617. The first-order valence-corrected chi connectivity index (χ1v) is 8.15. The Kier molecular flexibility index (Phi) is 6.10. The molecule has 1 unspecified atom stereocenters. The number of aliphatic hydroxyl groups excluding tert-OH is 1. The quantitative estimate of drug-likeness (QED) is 0.785. The maximum absolute atomic E-state index is 12.5. The molecule has 24 heavy (non-hydrogen) atoms. The summed E-state index contributed by atoms with van der Waals surface area (Å²) in [5.41, 5.74) is 0.0562. The predicted molar refractivity (Wildman–Crippen MR) is 84.5 cm³/mol. The molecule has 1 saturated carbocycles. The monoisotopic (exact) mass is 344 g/mol. The number of alkyl halides is 3. The third-order valence-corrected chi connectivity index (χ3v) is 4.23. The normalized spacial score (nSPS) is 22.7. The standard InChI is InChI=1S/C17H23F3N2O2/c1-11(10-12-2-4-13(5-3-12)17(18,19)20)21-16(24)22-14-6-8-15(23)9-7-14/h2-5,11,14-15,23H,6-10H2,1H3,(H2,21,22,24). The molecular formula is C17H23F3N2O2. The molecule has 7 heteroatoms. The average Bonchev–Trinajstić information content (AvgIpc) is 2.49. The Balaban J connectivity index is 1.78. The number of carbonyl (C=O) groups is 1. The molecule has 0 aromatic heterocycles. The lowest BCUT2D eigenvalue weighted by molar-refractivity contribution is -0.137. The van der Waals surface area contributed by atoms with E-state index >= 15 is 0 Å². The molecule has 0 bridgehead atoms.